The van der Waals surface area contributed by atoms with Crippen molar-refractivity contribution in [1.29, 1.82) is 5.26 Å². The summed E-state index contributed by atoms with van der Waals surface area (Å²) in [6.07, 6.45) is 0. The Hall–Kier alpha value is -0.793. The van der Waals surface area contributed by atoms with E-state index in [1.807, 2.05) is 18.2 Å². The maximum absolute atomic E-state index is 9.15. The van der Waals surface area contributed by atoms with Crippen molar-refractivity contribution in [2.45, 2.75) is 38.9 Å². The summed E-state index contributed by atoms with van der Waals surface area (Å²) in [6.45, 7) is 10.9. The van der Waals surface area contributed by atoms with E-state index in [9.17, 15) is 0 Å². The zero-order valence-electron chi connectivity index (χ0n) is 11.0. The second-order valence-corrected chi connectivity index (χ2v) is 11.2. The van der Waals surface area contributed by atoms with Gasteiger partial charge in [0.2, 0.25) is 0 Å². The summed E-state index contributed by atoms with van der Waals surface area (Å²) in [6, 6.07) is 7.81. The van der Waals surface area contributed by atoms with Crippen LogP contribution < -0.4 is 4.43 Å². The minimum Gasteiger partial charge on any atom is -0.543 e. The molecule has 0 saturated heterocycles. The zero-order valence-corrected chi connectivity index (χ0v) is 13.6. The largest absolute Gasteiger partial charge is 0.543 e. The zero-order chi connectivity index (χ0) is 13.3. The predicted molar refractivity (Wildman–Crippen MR) is 76.7 cm³/mol. The van der Waals surface area contributed by atoms with E-state index in [2.05, 4.69) is 55.9 Å². The van der Waals surface area contributed by atoms with Gasteiger partial charge in [-0.1, -0.05) is 26.8 Å². The molecule has 0 saturated carbocycles. The molecule has 1 aromatic rings. The fourth-order valence-corrected chi connectivity index (χ4v) is 2.59. The van der Waals surface area contributed by atoms with Crippen molar-refractivity contribution < 1.29 is 4.43 Å². The molecule has 1 aromatic carbocycles. The van der Waals surface area contributed by atoms with Crippen LogP contribution in [0.4, 0.5) is 0 Å². The van der Waals surface area contributed by atoms with Gasteiger partial charge in [-0.25, -0.2) is 0 Å². The standard InChI is InChI=1S/C13H18BrNOSi/c1-13(2,3)17(4,5)16-12-8-6-7-11(14)10(12)9-15/h6-8H,1-5H3. The SMILES string of the molecule is CC(C)(C)[Si](C)(C)Oc1cccc(Br)c1C#N. The second kappa shape index (κ2) is 4.83. The van der Waals surface area contributed by atoms with Gasteiger partial charge in [-0.2, -0.15) is 5.26 Å². The van der Waals surface area contributed by atoms with Crippen LogP contribution in [0.25, 0.3) is 0 Å². The number of rotatable bonds is 2. The van der Waals surface area contributed by atoms with Crippen LogP contribution in [-0.4, -0.2) is 8.32 Å². The number of hydrogen-bond acceptors (Lipinski definition) is 2. The quantitative estimate of drug-likeness (QED) is 0.741. The van der Waals surface area contributed by atoms with E-state index in [-0.39, 0.29) is 5.04 Å². The van der Waals surface area contributed by atoms with E-state index in [1.54, 1.807) is 0 Å². The molecular formula is C13H18BrNOSi. The average Bonchev–Trinajstić information content (AvgIpc) is 2.15. The molecular weight excluding hydrogens is 294 g/mol. The maximum Gasteiger partial charge on any atom is 0.250 e. The van der Waals surface area contributed by atoms with Crippen molar-refractivity contribution in [2.75, 3.05) is 0 Å². The van der Waals surface area contributed by atoms with Crippen molar-refractivity contribution in [1.82, 2.24) is 0 Å². The van der Waals surface area contributed by atoms with Crippen LogP contribution in [0.1, 0.15) is 26.3 Å². The van der Waals surface area contributed by atoms with Gasteiger partial charge in [-0.3, -0.25) is 0 Å². The monoisotopic (exact) mass is 311 g/mol. The number of benzene rings is 1. The van der Waals surface area contributed by atoms with E-state index in [1.165, 1.54) is 0 Å². The average molecular weight is 312 g/mol. The number of nitriles is 1. The third-order valence-electron chi connectivity index (χ3n) is 3.26. The van der Waals surface area contributed by atoms with Gasteiger partial charge in [0.25, 0.3) is 8.32 Å². The molecule has 0 heterocycles. The van der Waals surface area contributed by atoms with Gasteiger partial charge in [0.15, 0.2) is 0 Å². The van der Waals surface area contributed by atoms with Gasteiger partial charge in [-0.15, -0.1) is 0 Å². The Bertz CT molecular complexity index is 457. The molecule has 4 heteroatoms. The van der Waals surface area contributed by atoms with Gasteiger partial charge in [0.05, 0.1) is 0 Å². The first-order valence-corrected chi connectivity index (χ1v) is 9.27. The van der Waals surface area contributed by atoms with Crippen LogP contribution in [0, 0.1) is 11.3 Å². The van der Waals surface area contributed by atoms with Gasteiger partial charge < -0.3 is 4.43 Å². The molecule has 92 valence electrons. The Morgan fingerprint density at radius 3 is 2.35 bits per heavy atom. The second-order valence-electron chi connectivity index (χ2n) is 5.59. The van der Waals surface area contributed by atoms with Gasteiger partial charge in [0, 0.05) is 4.47 Å². The summed E-state index contributed by atoms with van der Waals surface area (Å²) in [5.41, 5.74) is 0.581. The third-order valence-corrected chi connectivity index (χ3v) is 8.26. The molecule has 0 spiro atoms. The smallest absolute Gasteiger partial charge is 0.250 e. The minimum absolute atomic E-state index is 0.127. The Labute approximate surface area is 113 Å². The highest BCUT2D eigenvalue weighted by atomic mass is 79.9. The van der Waals surface area contributed by atoms with Crippen LogP contribution in [0.15, 0.2) is 22.7 Å². The van der Waals surface area contributed by atoms with Crippen molar-refractivity contribution in [3.8, 4) is 11.8 Å². The summed E-state index contributed by atoms with van der Waals surface area (Å²) in [5.74, 6) is 0.688. The number of hydrogen-bond donors (Lipinski definition) is 0. The normalized spacial score (nSPS) is 12.1. The van der Waals surface area contributed by atoms with E-state index in [0.29, 0.717) is 11.3 Å². The van der Waals surface area contributed by atoms with Gasteiger partial charge >= 0.3 is 0 Å². The highest BCUT2D eigenvalue weighted by Gasteiger charge is 2.39. The molecule has 0 atom stereocenters. The van der Waals surface area contributed by atoms with Gasteiger partial charge in [-0.05, 0) is 46.2 Å². The number of nitrogens with zero attached hydrogens (tertiary/aromatic N) is 1. The molecule has 0 aromatic heterocycles. The van der Waals surface area contributed by atoms with E-state index in [4.69, 9.17) is 9.69 Å². The molecule has 0 unspecified atom stereocenters. The van der Waals surface area contributed by atoms with Crippen molar-refractivity contribution in [3.05, 3.63) is 28.2 Å². The molecule has 0 fully saturated rings. The van der Waals surface area contributed by atoms with Crippen LogP contribution in [0.2, 0.25) is 18.1 Å². The van der Waals surface area contributed by atoms with Crippen molar-refractivity contribution >= 4 is 24.2 Å². The Kier molecular flexibility index (Phi) is 4.05. The fraction of sp³-hybridized carbons (Fsp3) is 0.462. The van der Waals surface area contributed by atoms with Crippen LogP contribution in [0.5, 0.6) is 5.75 Å². The third kappa shape index (κ3) is 3.11. The van der Waals surface area contributed by atoms with Crippen molar-refractivity contribution in [3.63, 3.8) is 0 Å². The highest BCUT2D eigenvalue weighted by molar-refractivity contribution is 9.10. The summed E-state index contributed by atoms with van der Waals surface area (Å²) in [7, 11) is -1.89. The first-order valence-electron chi connectivity index (χ1n) is 5.56. The first-order chi connectivity index (χ1) is 7.69. The lowest BCUT2D eigenvalue weighted by molar-refractivity contribution is 0.490. The lowest BCUT2D eigenvalue weighted by Crippen LogP contribution is -2.44. The summed E-state index contributed by atoms with van der Waals surface area (Å²) in [5, 5.41) is 9.28. The molecule has 0 aliphatic heterocycles. The molecule has 0 amide bonds. The highest BCUT2D eigenvalue weighted by Crippen LogP contribution is 2.38. The first kappa shape index (κ1) is 14.3. The Morgan fingerprint density at radius 1 is 1.29 bits per heavy atom. The van der Waals surface area contributed by atoms with Crippen molar-refractivity contribution in [2.24, 2.45) is 0 Å². The Balaban J connectivity index is 3.14. The minimum atomic E-state index is -1.89. The summed E-state index contributed by atoms with van der Waals surface area (Å²) in [4.78, 5) is 0. The van der Waals surface area contributed by atoms with Crippen LogP contribution in [0.3, 0.4) is 0 Å². The molecule has 0 bridgehead atoms. The summed E-state index contributed by atoms with van der Waals surface area (Å²) < 4.78 is 6.94. The van der Waals surface area contributed by atoms with E-state index < -0.39 is 8.32 Å². The lowest BCUT2D eigenvalue weighted by Gasteiger charge is -2.36. The van der Waals surface area contributed by atoms with E-state index in [0.717, 1.165) is 4.47 Å². The molecule has 0 radical (unpaired) electrons. The van der Waals surface area contributed by atoms with Crippen LogP contribution >= 0.6 is 15.9 Å². The lowest BCUT2D eigenvalue weighted by atomic mass is 10.2. The Morgan fingerprint density at radius 2 is 1.88 bits per heavy atom. The summed E-state index contributed by atoms with van der Waals surface area (Å²) >= 11 is 3.38. The number of halogens is 1. The van der Waals surface area contributed by atoms with Gasteiger partial charge in [0.1, 0.15) is 17.4 Å². The molecule has 17 heavy (non-hydrogen) atoms. The molecule has 0 aliphatic carbocycles. The molecule has 2 nitrogen and oxygen atoms in total. The fourth-order valence-electron chi connectivity index (χ4n) is 1.13. The predicted octanol–water partition coefficient (Wildman–Crippen LogP) is 4.70. The molecule has 0 N–H and O–H groups in total. The molecule has 1 rings (SSSR count). The topological polar surface area (TPSA) is 33.0 Å². The molecule has 0 aliphatic rings. The maximum atomic E-state index is 9.15. The van der Waals surface area contributed by atoms with Crippen LogP contribution in [-0.2, 0) is 0 Å². The van der Waals surface area contributed by atoms with E-state index >= 15 is 0 Å².